The minimum absolute atomic E-state index is 0.437. The van der Waals surface area contributed by atoms with Crippen LogP contribution in [-0.4, -0.2) is 58.0 Å². The Morgan fingerprint density at radius 2 is 2.06 bits per heavy atom. The number of aromatic nitrogens is 3. The number of fused-ring (bicyclic) bond motifs is 1. The largest absolute Gasteiger partial charge is 0.381 e. The summed E-state index contributed by atoms with van der Waals surface area (Å²) >= 11 is 6.62. The van der Waals surface area contributed by atoms with Crippen LogP contribution in [0.15, 0.2) is 28.9 Å². The second kappa shape index (κ2) is 8.90. The van der Waals surface area contributed by atoms with Crippen LogP contribution in [0.5, 0.6) is 0 Å². The molecule has 166 valence electrons. The number of piperazine rings is 1. The highest BCUT2D eigenvalue weighted by molar-refractivity contribution is 6.35. The van der Waals surface area contributed by atoms with E-state index in [1.807, 2.05) is 12.1 Å². The van der Waals surface area contributed by atoms with Crippen LogP contribution in [0.1, 0.15) is 32.6 Å². The molecule has 0 bridgehead atoms. The van der Waals surface area contributed by atoms with Crippen molar-refractivity contribution in [2.75, 3.05) is 26.3 Å². The molecule has 3 aromatic rings. The maximum absolute atomic E-state index is 6.62. The average molecular weight is 444 g/mol. The van der Waals surface area contributed by atoms with Gasteiger partial charge in [-0.2, -0.15) is 4.98 Å². The van der Waals surface area contributed by atoms with Crippen molar-refractivity contribution < 1.29 is 9.26 Å². The fourth-order valence-corrected chi connectivity index (χ4v) is 5.05. The van der Waals surface area contributed by atoms with Crippen molar-refractivity contribution in [2.24, 2.45) is 5.92 Å². The van der Waals surface area contributed by atoms with Gasteiger partial charge in [-0.05, 0) is 38.7 Å². The van der Waals surface area contributed by atoms with Gasteiger partial charge in [-0.3, -0.25) is 4.90 Å². The topological polar surface area (TPSA) is 68.4 Å². The molecule has 2 aromatic heterocycles. The van der Waals surface area contributed by atoms with Crippen molar-refractivity contribution in [1.82, 2.24) is 24.9 Å². The van der Waals surface area contributed by atoms with Gasteiger partial charge in [0.15, 0.2) is 0 Å². The van der Waals surface area contributed by atoms with Crippen molar-refractivity contribution in [2.45, 2.75) is 51.9 Å². The third kappa shape index (κ3) is 4.37. The monoisotopic (exact) mass is 443 g/mol. The molecule has 7 nitrogen and oxygen atoms in total. The van der Waals surface area contributed by atoms with Crippen LogP contribution >= 0.6 is 11.6 Å². The van der Waals surface area contributed by atoms with Gasteiger partial charge in [0.05, 0.1) is 17.1 Å². The molecular formula is C23H30ClN5O2. The van der Waals surface area contributed by atoms with E-state index >= 15 is 0 Å². The SMILES string of the molecule is C[C@@H]1CN[C@@H](C)CN1Cc1nc(-c2cn(CC3CCOCC3)c3c(Cl)cccc23)no1. The van der Waals surface area contributed by atoms with Gasteiger partial charge in [-0.25, -0.2) is 0 Å². The lowest BCUT2D eigenvalue weighted by molar-refractivity contribution is 0.0616. The van der Waals surface area contributed by atoms with E-state index in [1.54, 1.807) is 0 Å². The Bertz CT molecular complexity index is 1040. The molecule has 31 heavy (non-hydrogen) atoms. The smallest absolute Gasteiger partial charge is 0.241 e. The first-order valence-electron chi connectivity index (χ1n) is 11.2. The first-order chi connectivity index (χ1) is 15.1. The first-order valence-corrected chi connectivity index (χ1v) is 11.6. The number of hydrogen-bond donors (Lipinski definition) is 1. The summed E-state index contributed by atoms with van der Waals surface area (Å²) in [6.45, 7) is 9.63. The number of para-hydroxylation sites is 1. The molecule has 2 saturated heterocycles. The zero-order valence-electron chi connectivity index (χ0n) is 18.2. The van der Waals surface area contributed by atoms with Crippen molar-refractivity contribution in [3.63, 3.8) is 0 Å². The summed E-state index contributed by atoms with van der Waals surface area (Å²) in [5, 5.41) is 9.66. The summed E-state index contributed by atoms with van der Waals surface area (Å²) in [7, 11) is 0. The zero-order chi connectivity index (χ0) is 21.4. The molecule has 2 aliphatic rings. The Labute approximate surface area is 187 Å². The molecule has 2 aliphatic heterocycles. The highest BCUT2D eigenvalue weighted by Gasteiger charge is 2.25. The van der Waals surface area contributed by atoms with Gasteiger partial charge in [0.2, 0.25) is 11.7 Å². The first kappa shape index (κ1) is 20.9. The number of benzene rings is 1. The lowest BCUT2D eigenvalue weighted by Gasteiger charge is -2.36. The van der Waals surface area contributed by atoms with E-state index in [0.717, 1.165) is 67.2 Å². The maximum Gasteiger partial charge on any atom is 0.241 e. The van der Waals surface area contributed by atoms with E-state index in [1.165, 1.54) is 0 Å². The van der Waals surface area contributed by atoms with Crippen molar-refractivity contribution in [1.29, 1.82) is 0 Å². The summed E-state index contributed by atoms with van der Waals surface area (Å²) in [6.07, 6.45) is 4.29. The minimum Gasteiger partial charge on any atom is -0.381 e. The average Bonchev–Trinajstić information content (AvgIpc) is 3.37. The lowest BCUT2D eigenvalue weighted by Crippen LogP contribution is -2.53. The zero-order valence-corrected chi connectivity index (χ0v) is 18.9. The van der Waals surface area contributed by atoms with Gasteiger partial charge in [0.1, 0.15) is 0 Å². The molecule has 2 atom stereocenters. The number of halogens is 1. The van der Waals surface area contributed by atoms with Crippen LogP contribution in [0.3, 0.4) is 0 Å². The van der Waals surface area contributed by atoms with Crippen molar-refractivity contribution in [3.05, 3.63) is 35.3 Å². The van der Waals surface area contributed by atoms with E-state index in [2.05, 4.69) is 46.1 Å². The van der Waals surface area contributed by atoms with Crippen LogP contribution < -0.4 is 5.32 Å². The fourth-order valence-electron chi connectivity index (χ4n) is 4.76. The third-order valence-corrected chi connectivity index (χ3v) is 6.89. The number of nitrogens with zero attached hydrogens (tertiary/aromatic N) is 4. The second-order valence-electron chi connectivity index (χ2n) is 8.99. The molecule has 4 heterocycles. The summed E-state index contributed by atoms with van der Waals surface area (Å²) in [4.78, 5) is 7.15. The summed E-state index contributed by atoms with van der Waals surface area (Å²) < 4.78 is 13.5. The highest BCUT2D eigenvalue weighted by Crippen LogP contribution is 2.34. The van der Waals surface area contributed by atoms with Gasteiger partial charge in [-0.15, -0.1) is 0 Å². The molecule has 0 amide bonds. The Morgan fingerprint density at radius 1 is 1.23 bits per heavy atom. The number of hydrogen-bond acceptors (Lipinski definition) is 6. The number of rotatable bonds is 5. The van der Waals surface area contributed by atoms with Gasteiger partial charge in [0, 0.05) is 62.1 Å². The molecule has 1 N–H and O–H groups in total. The molecule has 0 saturated carbocycles. The summed E-state index contributed by atoms with van der Waals surface area (Å²) in [6, 6.07) is 6.92. The van der Waals surface area contributed by atoms with E-state index in [0.29, 0.717) is 36.3 Å². The molecule has 1 aromatic carbocycles. The van der Waals surface area contributed by atoms with Crippen molar-refractivity contribution in [3.8, 4) is 11.4 Å². The number of nitrogens with one attached hydrogen (secondary N) is 1. The molecule has 0 radical (unpaired) electrons. The Morgan fingerprint density at radius 3 is 2.90 bits per heavy atom. The molecule has 0 spiro atoms. The third-order valence-electron chi connectivity index (χ3n) is 6.59. The molecule has 2 fully saturated rings. The van der Waals surface area contributed by atoms with E-state index < -0.39 is 0 Å². The minimum atomic E-state index is 0.437. The Kier molecular flexibility index (Phi) is 6.01. The van der Waals surface area contributed by atoms with E-state index in [9.17, 15) is 0 Å². The molecular weight excluding hydrogens is 414 g/mol. The predicted octanol–water partition coefficient (Wildman–Crippen LogP) is 3.95. The maximum atomic E-state index is 6.62. The van der Waals surface area contributed by atoms with Crippen LogP contribution in [0, 0.1) is 5.92 Å². The molecule has 5 rings (SSSR count). The highest BCUT2D eigenvalue weighted by atomic mass is 35.5. The van der Waals surface area contributed by atoms with Gasteiger partial charge in [0.25, 0.3) is 0 Å². The second-order valence-corrected chi connectivity index (χ2v) is 9.39. The van der Waals surface area contributed by atoms with Crippen LogP contribution in [0.2, 0.25) is 5.02 Å². The molecule has 8 heteroatoms. The van der Waals surface area contributed by atoms with Crippen LogP contribution in [-0.2, 0) is 17.8 Å². The van der Waals surface area contributed by atoms with Gasteiger partial charge < -0.3 is 19.1 Å². The standard InChI is InChI=1S/C23H30ClN5O2/c1-15-11-28(16(2)10-25-15)14-21-26-23(27-31-21)19-13-29(12-17-6-8-30-9-7-17)22-18(19)4-3-5-20(22)24/h3-5,13,15-17,25H,6-12,14H2,1-2H3/t15-,16+/m0/s1. The summed E-state index contributed by atoms with van der Waals surface area (Å²) in [5.74, 6) is 1.87. The van der Waals surface area contributed by atoms with Crippen LogP contribution in [0.4, 0.5) is 0 Å². The van der Waals surface area contributed by atoms with Crippen molar-refractivity contribution >= 4 is 22.5 Å². The van der Waals surface area contributed by atoms with E-state index in [-0.39, 0.29) is 0 Å². The summed E-state index contributed by atoms with van der Waals surface area (Å²) in [5.41, 5.74) is 2.02. The Balaban J connectivity index is 1.43. The van der Waals surface area contributed by atoms with Gasteiger partial charge in [-0.1, -0.05) is 28.9 Å². The normalized spacial score (nSPS) is 23.6. The fraction of sp³-hybridized carbons (Fsp3) is 0.565. The molecule has 0 unspecified atom stereocenters. The quantitative estimate of drug-likeness (QED) is 0.643. The number of ether oxygens (including phenoxy) is 1. The van der Waals surface area contributed by atoms with Gasteiger partial charge >= 0.3 is 0 Å². The van der Waals surface area contributed by atoms with E-state index in [4.69, 9.17) is 25.8 Å². The predicted molar refractivity (Wildman–Crippen MR) is 121 cm³/mol. The lowest BCUT2D eigenvalue weighted by atomic mass is 10.0. The molecule has 0 aliphatic carbocycles. The van der Waals surface area contributed by atoms with Crippen LogP contribution in [0.25, 0.3) is 22.3 Å². The Hall–Kier alpha value is -1.93.